The van der Waals surface area contributed by atoms with Crippen LogP contribution in [0, 0.1) is 13.8 Å². The van der Waals surface area contributed by atoms with Gasteiger partial charge >= 0.3 is 0 Å². The van der Waals surface area contributed by atoms with Gasteiger partial charge in [-0.1, -0.05) is 6.07 Å². The number of hydrogen-bond donors (Lipinski definition) is 1. The van der Waals surface area contributed by atoms with Crippen molar-refractivity contribution in [2.45, 2.75) is 24.5 Å². The van der Waals surface area contributed by atoms with Gasteiger partial charge in [0.25, 0.3) is 10.0 Å². The number of nitrogens with one attached hydrogen (secondary N) is 1. The smallest absolute Gasteiger partial charge is 0.271 e. The molecule has 1 N–H and O–H groups in total. The zero-order valence-electron chi connectivity index (χ0n) is 13.3. The van der Waals surface area contributed by atoms with Crippen molar-refractivity contribution in [3.63, 3.8) is 0 Å². The van der Waals surface area contributed by atoms with Gasteiger partial charge in [-0.2, -0.15) is 0 Å². The second kappa shape index (κ2) is 6.05. The summed E-state index contributed by atoms with van der Waals surface area (Å²) in [5.41, 5.74) is 1.60. The van der Waals surface area contributed by atoms with Gasteiger partial charge in [0.2, 0.25) is 10.0 Å². The molecular weight excluding hydrogens is 368 g/mol. The van der Waals surface area contributed by atoms with Crippen molar-refractivity contribution < 1.29 is 16.8 Å². The zero-order valence-corrected chi connectivity index (χ0v) is 15.8. The van der Waals surface area contributed by atoms with E-state index in [1.54, 1.807) is 37.3 Å². The highest BCUT2D eigenvalue weighted by Gasteiger charge is 2.29. The second-order valence-corrected chi connectivity index (χ2v) is 10.9. The van der Waals surface area contributed by atoms with Gasteiger partial charge in [0, 0.05) is 11.4 Å². The lowest BCUT2D eigenvalue weighted by Crippen LogP contribution is -2.25. The summed E-state index contributed by atoms with van der Waals surface area (Å²) in [6.07, 6.45) is 0.575. The van der Waals surface area contributed by atoms with Gasteiger partial charge in [0.1, 0.15) is 4.21 Å². The quantitative estimate of drug-likeness (QED) is 0.876. The Morgan fingerprint density at radius 3 is 2.50 bits per heavy atom. The Morgan fingerprint density at radius 1 is 1.17 bits per heavy atom. The van der Waals surface area contributed by atoms with Gasteiger partial charge in [-0.3, -0.25) is 9.03 Å². The molecule has 2 aromatic rings. The first-order valence-corrected chi connectivity index (χ1v) is 11.3. The SMILES string of the molecule is Cc1ccc(S(=O)(=O)Nc2cc(N3CCCS3(=O)=O)ccc2C)s1. The van der Waals surface area contributed by atoms with Crippen LogP contribution in [0.2, 0.25) is 0 Å². The molecule has 6 nitrogen and oxygen atoms in total. The monoisotopic (exact) mass is 386 g/mol. The summed E-state index contributed by atoms with van der Waals surface area (Å²) in [5.74, 6) is 0.121. The van der Waals surface area contributed by atoms with Crippen LogP contribution in [0.15, 0.2) is 34.5 Å². The molecule has 1 aromatic heterocycles. The fourth-order valence-corrected chi connectivity index (χ4v) is 6.52. The van der Waals surface area contributed by atoms with Crippen LogP contribution in [-0.4, -0.2) is 29.1 Å². The van der Waals surface area contributed by atoms with Crippen molar-refractivity contribution in [1.29, 1.82) is 0 Å². The van der Waals surface area contributed by atoms with Gasteiger partial charge in [0.05, 0.1) is 17.1 Å². The minimum absolute atomic E-state index is 0.121. The summed E-state index contributed by atoms with van der Waals surface area (Å²) in [6.45, 7) is 4.04. The standard InChI is InChI=1S/C15H18N2O4S3/c1-11-4-6-13(17-8-3-9-23(17,18)19)10-14(11)16-24(20,21)15-7-5-12(2)22-15/h4-7,10,16H,3,8-9H2,1-2H3. The summed E-state index contributed by atoms with van der Waals surface area (Å²) < 4.78 is 53.2. The summed E-state index contributed by atoms with van der Waals surface area (Å²) >= 11 is 1.19. The molecule has 1 fully saturated rings. The molecule has 2 heterocycles. The molecule has 0 radical (unpaired) electrons. The number of aryl methyl sites for hydroxylation is 2. The van der Waals surface area contributed by atoms with Crippen LogP contribution in [0.5, 0.6) is 0 Å². The maximum atomic E-state index is 12.5. The largest absolute Gasteiger partial charge is 0.279 e. The molecule has 1 aliphatic heterocycles. The average Bonchev–Trinajstić information content (AvgIpc) is 3.07. The van der Waals surface area contributed by atoms with Crippen LogP contribution in [-0.2, 0) is 20.0 Å². The Hall–Kier alpha value is -1.58. The van der Waals surface area contributed by atoms with Crippen LogP contribution in [0.1, 0.15) is 16.9 Å². The number of hydrogen-bond acceptors (Lipinski definition) is 5. The van der Waals surface area contributed by atoms with E-state index in [-0.39, 0.29) is 9.96 Å². The number of nitrogens with zero attached hydrogens (tertiary/aromatic N) is 1. The van der Waals surface area contributed by atoms with Crippen molar-refractivity contribution in [1.82, 2.24) is 0 Å². The van der Waals surface area contributed by atoms with Crippen LogP contribution in [0.4, 0.5) is 11.4 Å². The fraction of sp³-hybridized carbons (Fsp3) is 0.333. The molecule has 1 saturated heterocycles. The molecule has 24 heavy (non-hydrogen) atoms. The molecule has 1 aromatic carbocycles. The molecule has 0 amide bonds. The number of sulfonamides is 2. The first-order valence-electron chi connectivity index (χ1n) is 7.39. The van der Waals surface area contributed by atoms with Gasteiger partial charge in [-0.15, -0.1) is 11.3 Å². The summed E-state index contributed by atoms with van der Waals surface area (Å²) in [7, 11) is -6.99. The third-order valence-electron chi connectivity index (χ3n) is 3.83. The molecule has 0 spiro atoms. The predicted molar refractivity (Wildman–Crippen MR) is 96.8 cm³/mol. The second-order valence-electron chi connectivity index (χ2n) is 5.71. The van der Waals surface area contributed by atoms with Crippen LogP contribution >= 0.6 is 11.3 Å². The normalized spacial score (nSPS) is 17.2. The molecule has 0 bridgehead atoms. The van der Waals surface area contributed by atoms with Crippen molar-refractivity contribution in [3.8, 4) is 0 Å². The minimum Gasteiger partial charge on any atom is -0.279 e. The highest BCUT2D eigenvalue weighted by atomic mass is 32.2. The Kier molecular flexibility index (Phi) is 4.35. The average molecular weight is 387 g/mol. The molecule has 1 aliphatic rings. The van der Waals surface area contributed by atoms with Crippen LogP contribution in [0.3, 0.4) is 0 Å². The lowest BCUT2D eigenvalue weighted by Gasteiger charge is -2.19. The maximum absolute atomic E-state index is 12.5. The number of benzene rings is 1. The summed E-state index contributed by atoms with van der Waals surface area (Å²) in [5, 5.41) is 0. The third kappa shape index (κ3) is 3.28. The first-order chi connectivity index (χ1) is 11.2. The Labute approximate surface area is 146 Å². The zero-order chi connectivity index (χ0) is 17.5. The lowest BCUT2D eigenvalue weighted by atomic mass is 10.2. The van der Waals surface area contributed by atoms with Crippen LogP contribution in [0.25, 0.3) is 0 Å². The number of thiophene rings is 1. The number of rotatable bonds is 4. The van der Waals surface area contributed by atoms with E-state index in [1.807, 2.05) is 6.92 Å². The van der Waals surface area contributed by atoms with Gasteiger partial charge < -0.3 is 0 Å². The molecule has 9 heteroatoms. The number of anilines is 2. The van der Waals surface area contributed by atoms with Gasteiger partial charge in [-0.05, 0) is 50.1 Å². The minimum atomic E-state index is -3.68. The van der Waals surface area contributed by atoms with E-state index < -0.39 is 20.0 Å². The van der Waals surface area contributed by atoms with Crippen molar-refractivity contribution in [3.05, 3.63) is 40.8 Å². The molecule has 130 valence electrons. The molecule has 3 rings (SSSR count). The third-order valence-corrected chi connectivity index (χ3v) is 8.56. The van der Waals surface area contributed by atoms with Crippen molar-refractivity contribution in [2.75, 3.05) is 21.3 Å². The van der Waals surface area contributed by atoms with E-state index in [9.17, 15) is 16.8 Å². The molecular formula is C15H18N2O4S3. The van der Waals surface area contributed by atoms with Gasteiger partial charge in [0.15, 0.2) is 0 Å². The fourth-order valence-electron chi connectivity index (χ4n) is 2.56. The topological polar surface area (TPSA) is 83.6 Å². The lowest BCUT2D eigenvalue weighted by molar-refractivity contribution is 0.599. The Morgan fingerprint density at radius 2 is 1.92 bits per heavy atom. The maximum Gasteiger partial charge on any atom is 0.271 e. The van der Waals surface area contributed by atoms with E-state index in [0.717, 1.165) is 10.4 Å². The Bertz CT molecular complexity index is 978. The Balaban J connectivity index is 1.95. The van der Waals surface area contributed by atoms with Gasteiger partial charge in [-0.25, -0.2) is 16.8 Å². The van der Waals surface area contributed by atoms with E-state index >= 15 is 0 Å². The molecule has 0 aliphatic carbocycles. The molecule has 0 unspecified atom stereocenters. The van der Waals surface area contributed by atoms with E-state index in [2.05, 4.69) is 4.72 Å². The highest BCUT2D eigenvalue weighted by Crippen LogP contribution is 2.30. The van der Waals surface area contributed by atoms with E-state index in [4.69, 9.17) is 0 Å². The van der Waals surface area contributed by atoms with Crippen molar-refractivity contribution >= 4 is 42.8 Å². The highest BCUT2D eigenvalue weighted by molar-refractivity contribution is 7.94. The van der Waals surface area contributed by atoms with Crippen LogP contribution < -0.4 is 9.03 Å². The van der Waals surface area contributed by atoms with E-state index in [0.29, 0.717) is 24.3 Å². The predicted octanol–water partition coefficient (Wildman–Crippen LogP) is 2.71. The first kappa shape index (κ1) is 17.2. The van der Waals surface area contributed by atoms with E-state index in [1.165, 1.54) is 15.6 Å². The molecule has 0 atom stereocenters. The summed E-state index contributed by atoms with van der Waals surface area (Å²) in [6, 6.07) is 8.31. The molecule has 0 saturated carbocycles. The summed E-state index contributed by atoms with van der Waals surface area (Å²) in [4.78, 5) is 0.906. The van der Waals surface area contributed by atoms with Crippen molar-refractivity contribution in [2.24, 2.45) is 0 Å².